The van der Waals surface area contributed by atoms with Gasteiger partial charge in [0.15, 0.2) is 0 Å². The first-order valence-corrected chi connectivity index (χ1v) is 13.5. The molecular formula is C29H38BFN4O6. The van der Waals surface area contributed by atoms with Crippen LogP contribution in [-0.2, 0) is 33.3 Å². The van der Waals surface area contributed by atoms with Crippen LogP contribution < -0.4 is 10.6 Å². The lowest BCUT2D eigenvalue weighted by Gasteiger charge is -2.42. The number of anilines is 1. The van der Waals surface area contributed by atoms with Gasteiger partial charge in [-0.3, -0.25) is 14.5 Å². The maximum atomic E-state index is 15.7. The molecule has 12 heteroatoms. The maximum absolute atomic E-state index is 15.7. The van der Waals surface area contributed by atoms with Crippen LogP contribution in [0.4, 0.5) is 10.1 Å². The zero-order chi connectivity index (χ0) is 30.4. The van der Waals surface area contributed by atoms with E-state index >= 15 is 4.39 Å². The van der Waals surface area contributed by atoms with E-state index in [4.69, 9.17) is 12.6 Å². The number of aliphatic hydroxyl groups is 2. The van der Waals surface area contributed by atoms with Gasteiger partial charge in [0.1, 0.15) is 26.2 Å². The Labute approximate surface area is 241 Å². The quantitative estimate of drug-likeness (QED) is 0.161. The fourth-order valence-electron chi connectivity index (χ4n) is 5.18. The lowest BCUT2D eigenvalue weighted by atomic mass is 9.71. The molecule has 1 heterocycles. The lowest BCUT2D eigenvalue weighted by Crippen LogP contribution is -2.57. The molecule has 0 aromatic heterocycles. The Balaban J connectivity index is 1.88. The van der Waals surface area contributed by atoms with Gasteiger partial charge < -0.3 is 30.4 Å². The van der Waals surface area contributed by atoms with Gasteiger partial charge in [-0.05, 0) is 45.0 Å². The summed E-state index contributed by atoms with van der Waals surface area (Å²) in [6, 6.07) is 9.38. The summed E-state index contributed by atoms with van der Waals surface area (Å²) in [5, 5.41) is 27.7. The van der Waals surface area contributed by atoms with E-state index in [1.165, 1.54) is 24.1 Å². The first kappa shape index (κ1) is 32.4. The Morgan fingerprint density at radius 2 is 1.85 bits per heavy atom. The number of nitrogens with zero attached hydrogens (tertiary/aromatic N) is 2. The SMILES string of the molecule is [B]C(CCC=O)(C(=O)NC)N(C)Cc1c(C=O)cccc1NCc1cccc(C(O)(O)N2CC(C)OC(C)C2)c1F. The van der Waals surface area contributed by atoms with Gasteiger partial charge in [-0.2, -0.15) is 0 Å². The minimum atomic E-state index is -2.55. The van der Waals surface area contributed by atoms with Gasteiger partial charge in [0.05, 0.1) is 23.2 Å². The van der Waals surface area contributed by atoms with Crippen molar-refractivity contribution in [3.05, 3.63) is 64.5 Å². The molecule has 3 unspecified atom stereocenters. The predicted octanol–water partition coefficient (Wildman–Crippen LogP) is 1.48. The molecule has 10 nitrogen and oxygen atoms in total. The molecule has 41 heavy (non-hydrogen) atoms. The second-order valence-electron chi connectivity index (χ2n) is 10.5. The zero-order valence-corrected chi connectivity index (χ0v) is 23.9. The molecule has 1 saturated heterocycles. The number of nitrogens with one attached hydrogen (secondary N) is 2. The number of hydrogen-bond donors (Lipinski definition) is 4. The summed E-state index contributed by atoms with van der Waals surface area (Å²) in [5.74, 6) is -3.82. The molecule has 0 bridgehead atoms. The fraction of sp³-hybridized carbons (Fsp3) is 0.483. The summed E-state index contributed by atoms with van der Waals surface area (Å²) in [7, 11) is 9.49. The molecule has 3 atom stereocenters. The summed E-state index contributed by atoms with van der Waals surface area (Å²) >= 11 is 0. The second-order valence-corrected chi connectivity index (χ2v) is 10.5. The van der Waals surface area contributed by atoms with E-state index in [0.717, 1.165) is 0 Å². The first-order chi connectivity index (χ1) is 19.4. The Bertz CT molecular complexity index is 1240. The molecule has 2 radical (unpaired) electrons. The third-order valence-electron chi connectivity index (χ3n) is 7.45. The van der Waals surface area contributed by atoms with Crippen LogP contribution in [-0.4, -0.2) is 91.2 Å². The first-order valence-electron chi connectivity index (χ1n) is 13.5. The van der Waals surface area contributed by atoms with Crippen LogP contribution in [0.5, 0.6) is 0 Å². The van der Waals surface area contributed by atoms with Crippen molar-refractivity contribution >= 4 is 32.0 Å². The van der Waals surface area contributed by atoms with E-state index in [9.17, 15) is 24.6 Å². The maximum Gasteiger partial charge on any atom is 0.256 e. The molecule has 1 amide bonds. The van der Waals surface area contributed by atoms with Crippen molar-refractivity contribution in [2.45, 2.75) is 63.3 Å². The van der Waals surface area contributed by atoms with Gasteiger partial charge in [-0.15, -0.1) is 0 Å². The van der Waals surface area contributed by atoms with E-state index in [1.807, 2.05) is 13.8 Å². The number of rotatable bonds is 13. The molecule has 1 fully saturated rings. The highest BCUT2D eigenvalue weighted by Gasteiger charge is 2.41. The van der Waals surface area contributed by atoms with Crippen LogP contribution >= 0.6 is 0 Å². The third kappa shape index (κ3) is 7.20. The van der Waals surface area contributed by atoms with Crippen LogP contribution in [0.15, 0.2) is 36.4 Å². The van der Waals surface area contributed by atoms with Crippen LogP contribution in [0.1, 0.15) is 53.7 Å². The molecule has 0 saturated carbocycles. The topological polar surface area (TPSA) is 131 Å². The van der Waals surface area contributed by atoms with Gasteiger partial charge in [0.25, 0.3) is 5.91 Å². The van der Waals surface area contributed by atoms with Crippen LogP contribution in [0, 0.1) is 5.82 Å². The smallest absolute Gasteiger partial charge is 0.256 e. The summed E-state index contributed by atoms with van der Waals surface area (Å²) < 4.78 is 21.4. The van der Waals surface area contributed by atoms with Crippen molar-refractivity contribution in [2.75, 3.05) is 32.5 Å². The number of carbonyl (C=O) groups excluding carboxylic acids is 3. The van der Waals surface area contributed by atoms with Crippen molar-refractivity contribution in [3.8, 4) is 0 Å². The molecule has 0 spiro atoms. The normalized spacial score (nSPS) is 19.4. The Kier molecular flexibility index (Phi) is 10.8. The third-order valence-corrected chi connectivity index (χ3v) is 7.45. The number of benzene rings is 2. The minimum Gasteiger partial charge on any atom is -0.381 e. The van der Waals surface area contributed by atoms with Crippen molar-refractivity contribution in [1.29, 1.82) is 0 Å². The van der Waals surface area contributed by atoms with E-state index < -0.39 is 23.1 Å². The Hall–Kier alpha value is -3.16. The lowest BCUT2D eigenvalue weighted by molar-refractivity contribution is -0.300. The Morgan fingerprint density at radius 3 is 2.46 bits per heavy atom. The van der Waals surface area contributed by atoms with Crippen LogP contribution in [0.3, 0.4) is 0 Å². The molecular weight excluding hydrogens is 530 g/mol. The van der Waals surface area contributed by atoms with Gasteiger partial charge >= 0.3 is 0 Å². The monoisotopic (exact) mass is 568 g/mol. The molecule has 3 rings (SSSR count). The van der Waals surface area contributed by atoms with E-state index in [0.29, 0.717) is 29.4 Å². The van der Waals surface area contributed by atoms with Gasteiger partial charge in [-0.1, -0.05) is 24.3 Å². The largest absolute Gasteiger partial charge is 0.381 e. The van der Waals surface area contributed by atoms with E-state index in [1.54, 1.807) is 36.2 Å². The number of aldehydes is 2. The molecule has 2 aromatic rings. The highest BCUT2D eigenvalue weighted by Crippen LogP contribution is 2.31. The van der Waals surface area contributed by atoms with Gasteiger partial charge in [0, 0.05) is 56.5 Å². The second kappa shape index (κ2) is 13.7. The summed E-state index contributed by atoms with van der Waals surface area (Å²) in [4.78, 5) is 38.5. The molecule has 1 aliphatic rings. The van der Waals surface area contributed by atoms with Crippen LogP contribution in [0.2, 0.25) is 0 Å². The van der Waals surface area contributed by atoms with Gasteiger partial charge in [-0.25, -0.2) is 9.29 Å². The summed E-state index contributed by atoms with van der Waals surface area (Å²) in [6.07, 6.45) is 0.948. The number of hydrogen-bond acceptors (Lipinski definition) is 9. The van der Waals surface area contributed by atoms with Crippen molar-refractivity contribution < 1.29 is 33.7 Å². The molecule has 1 aliphatic heterocycles. The van der Waals surface area contributed by atoms with Crippen molar-refractivity contribution in [2.24, 2.45) is 0 Å². The number of ether oxygens (including phenoxy) is 1. The van der Waals surface area contributed by atoms with E-state index in [2.05, 4.69) is 10.6 Å². The fourth-order valence-corrected chi connectivity index (χ4v) is 5.18. The van der Waals surface area contributed by atoms with Crippen molar-refractivity contribution in [1.82, 2.24) is 15.1 Å². The molecule has 2 aromatic carbocycles. The standard InChI is InChI=1S/C29H38BFN4O6/c1-19-15-35(16-20(2)41-19)29(39,40)24-10-5-8-21(26(24)31)14-33-25-11-6-9-22(18-37)23(25)17-34(4)28(30,12-7-13-36)27(38)32-3/h5-6,8-11,13,18-20,33,39-40H,7,12,14-17H2,1-4H3,(H,32,38). The zero-order valence-electron chi connectivity index (χ0n) is 23.9. The number of amides is 1. The molecule has 4 N–H and O–H groups in total. The molecule has 220 valence electrons. The van der Waals surface area contributed by atoms with Gasteiger partial charge in [0.2, 0.25) is 5.91 Å². The Morgan fingerprint density at radius 1 is 1.20 bits per heavy atom. The number of halogens is 1. The summed E-state index contributed by atoms with van der Waals surface area (Å²) in [6.45, 7) is 4.05. The highest BCUT2D eigenvalue weighted by atomic mass is 19.1. The van der Waals surface area contributed by atoms with E-state index in [-0.39, 0.29) is 62.4 Å². The average molecular weight is 568 g/mol. The molecule has 0 aliphatic carbocycles. The highest BCUT2D eigenvalue weighted by molar-refractivity contribution is 6.28. The minimum absolute atomic E-state index is 0.0426. The summed E-state index contributed by atoms with van der Waals surface area (Å²) in [5.41, 5.74) is -0.287. The predicted molar refractivity (Wildman–Crippen MR) is 153 cm³/mol. The van der Waals surface area contributed by atoms with Crippen LogP contribution in [0.25, 0.3) is 0 Å². The number of likely N-dealkylation sites (N-methyl/N-ethyl adjacent to an activating group) is 2. The number of morpholine rings is 1. The average Bonchev–Trinajstić information content (AvgIpc) is 2.94. The number of carbonyl (C=O) groups is 3. The van der Waals surface area contributed by atoms with Crippen molar-refractivity contribution in [3.63, 3.8) is 0 Å².